The van der Waals surface area contributed by atoms with Crippen LogP contribution in [0.25, 0.3) is 0 Å². The van der Waals surface area contributed by atoms with Crippen molar-refractivity contribution >= 4 is 11.6 Å². The van der Waals surface area contributed by atoms with Gasteiger partial charge in [-0.2, -0.15) is 0 Å². The first-order chi connectivity index (χ1) is 15.7. The number of amides is 1. The molecule has 2 saturated heterocycles. The number of ether oxygens (including phenoxy) is 2. The molecule has 2 aromatic carbocycles. The van der Waals surface area contributed by atoms with Gasteiger partial charge in [0.1, 0.15) is 18.2 Å². The molecule has 0 bridgehead atoms. The average molecular weight is 440 g/mol. The van der Waals surface area contributed by atoms with Gasteiger partial charge in [-0.15, -0.1) is 0 Å². The minimum atomic E-state index is -0.198. The highest BCUT2D eigenvalue weighted by Gasteiger charge is 2.29. The van der Waals surface area contributed by atoms with Crippen LogP contribution in [0.3, 0.4) is 0 Å². The number of halogens is 1. The van der Waals surface area contributed by atoms with E-state index < -0.39 is 0 Å². The van der Waals surface area contributed by atoms with Crippen LogP contribution >= 0.6 is 0 Å². The van der Waals surface area contributed by atoms with Crippen molar-refractivity contribution in [2.24, 2.45) is 5.92 Å². The standard InChI is InChI=1S/C25H30FN3O3/c26-22-2-4-23(5-3-22)28-10-8-27(9-11-28)16-19-1-6-24-21(15-19)17-29(12-14-32-24)25(30)20-7-13-31-18-20/h1-6,15,20H,7-14,16-18H2. The fraction of sp³-hybridized carbons (Fsp3) is 0.480. The molecule has 1 atom stereocenters. The molecular formula is C25H30FN3O3. The van der Waals surface area contributed by atoms with E-state index in [1.54, 1.807) is 0 Å². The van der Waals surface area contributed by atoms with Gasteiger partial charge in [0.15, 0.2) is 0 Å². The predicted octanol–water partition coefficient (Wildman–Crippen LogP) is 2.91. The lowest BCUT2D eigenvalue weighted by atomic mass is 10.1. The van der Waals surface area contributed by atoms with Crippen molar-refractivity contribution in [3.05, 3.63) is 59.4 Å². The molecule has 1 amide bonds. The maximum Gasteiger partial charge on any atom is 0.228 e. The molecule has 0 radical (unpaired) electrons. The van der Waals surface area contributed by atoms with Crippen molar-refractivity contribution < 1.29 is 18.7 Å². The molecule has 2 fully saturated rings. The molecule has 0 aliphatic carbocycles. The summed E-state index contributed by atoms with van der Waals surface area (Å²) >= 11 is 0. The van der Waals surface area contributed by atoms with Crippen molar-refractivity contribution in [3.63, 3.8) is 0 Å². The quantitative estimate of drug-likeness (QED) is 0.733. The normalized spacial score (nSPS) is 21.7. The third-order valence-electron chi connectivity index (χ3n) is 6.67. The zero-order chi connectivity index (χ0) is 21.9. The van der Waals surface area contributed by atoms with Crippen molar-refractivity contribution in [2.75, 3.05) is 57.4 Å². The summed E-state index contributed by atoms with van der Waals surface area (Å²) < 4.78 is 24.5. The molecule has 0 aromatic heterocycles. The number of carbonyl (C=O) groups is 1. The number of nitrogens with zero attached hydrogens (tertiary/aromatic N) is 3. The van der Waals surface area contributed by atoms with Crippen LogP contribution < -0.4 is 9.64 Å². The predicted molar refractivity (Wildman–Crippen MR) is 120 cm³/mol. The van der Waals surface area contributed by atoms with E-state index in [2.05, 4.69) is 21.9 Å². The van der Waals surface area contributed by atoms with Gasteiger partial charge < -0.3 is 19.3 Å². The van der Waals surface area contributed by atoms with Gasteiger partial charge in [0, 0.05) is 57.1 Å². The maximum atomic E-state index is 13.2. The smallest absolute Gasteiger partial charge is 0.228 e. The number of anilines is 1. The Morgan fingerprint density at radius 1 is 1.00 bits per heavy atom. The Kier molecular flexibility index (Phi) is 6.28. The highest BCUT2D eigenvalue weighted by molar-refractivity contribution is 5.79. The number of carbonyl (C=O) groups excluding carboxylic acids is 1. The lowest BCUT2D eigenvalue weighted by Crippen LogP contribution is -2.46. The number of hydrogen-bond donors (Lipinski definition) is 0. The van der Waals surface area contributed by atoms with Gasteiger partial charge in [-0.1, -0.05) is 6.07 Å². The number of fused-ring (bicyclic) bond motifs is 1. The molecule has 170 valence electrons. The zero-order valence-corrected chi connectivity index (χ0v) is 18.3. The fourth-order valence-electron chi connectivity index (χ4n) is 4.80. The van der Waals surface area contributed by atoms with E-state index in [1.165, 1.54) is 17.7 Å². The Hall–Kier alpha value is -2.64. The first kappa shape index (κ1) is 21.2. The average Bonchev–Trinajstić information content (AvgIpc) is 3.27. The monoisotopic (exact) mass is 439 g/mol. The molecule has 3 aliphatic rings. The fourth-order valence-corrected chi connectivity index (χ4v) is 4.80. The molecule has 6 nitrogen and oxygen atoms in total. The summed E-state index contributed by atoms with van der Waals surface area (Å²) in [4.78, 5) is 19.6. The van der Waals surface area contributed by atoms with E-state index >= 15 is 0 Å². The summed E-state index contributed by atoms with van der Waals surface area (Å²) in [6, 6.07) is 13.1. The second-order valence-corrected chi connectivity index (χ2v) is 8.85. The van der Waals surface area contributed by atoms with Crippen molar-refractivity contribution in [1.29, 1.82) is 0 Å². The number of benzene rings is 2. The molecular weight excluding hydrogens is 409 g/mol. The third-order valence-corrected chi connectivity index (χ3v) is 6.67. The van der Waals surface area contributed by atoms with Crippen LogP contribution in [0.5, 0.6) is 5.75 Å². The Morgan fingerprint density at radius 2 is 1.81 bits per heavy atom. The van der Waals surface area contributed by atoms with Gasteiger partial charge in [-0.25, -0.2) is 4.39 Å². The lowest BCUT2D eigenvalue weighted by molar-refractivity contribution is -0.136. The molecule has 3 aliphatic heterocycles. The van der Waals surface area contributed by atoms with Gasteiger partial charge in [0.2, 0.25) is 5.91 Å². The van der Waals surface area contributed by atoms with E-state index in [9.17, 15) is 9.18 Å². The van der Waals surface area contributed by atoms with E-state index in [0.29, 0.717) is 32.9 Å². The Bertz CT molecular complexity index is 938. The number of hydrogen-bond acceptors (Lipinski definition) is 5. The minimum absolute atomic E-state index is 0.0165. The summed E-state index contributed by atoms with van der Waals surface area (Å²) in [6.45, 7) is 7.57. The first-order valence-electron chi connectivity index (χ1n) is 11.5. The SMILES string of the molecule is O=C(C1CCOC1)N1CCOc2ccc(CN3CCN(c4ccc(F)cc4)CC3)cc2C1. The number of rotatable bonds is 4. The van der Waals surface area contributed by atoms with E-state index in [1.807, 2.05) is 23.1 Å². The minimum Gasteiger partial charge on any atom is -0.491 e. The highest BCUT2D eigenvalue weighted by Crippen LogP contribution is 2.27. The molecule has 3 heterocycles. The van der Waals surface area contributed by atoms with Gasteiger partial charge in [0.25, 0.3) is 0 Å². The molecule has 5 rings (SSSR count). The zero-order valence-electron chi connectivity index (χ0n) is 18.3. The molecule has 0 N–H and O–H groups in total. The number of piperazine rings is 1. The Balaban J connectivity index is 1.20. The largest absolute Gasteiger partial charge is 0.491 e. The summed E-state index contributed by atoms with van der Waals surface area (Å²) in [6.07, 6.45) is 0.812. The molecule has 7 heteroatoms. The van der Waals surface area contributed by atoms with Gasteiger partial charge in [-0.3, -0.25) is 9.69 Å². The van der Waals surface area contributed by atoms with Crippen LogP contribution in [0.4, 0.5) is 10.1 Å². The summed E-state index contributed by atoms with van der Waals surface area (Å²) in [5.41, 5.74) is 3.39. The Morgan fingerprint density at radius 3 is 2.56 bits per heavy atom. The maximum absolute atomic E-state index is 13.2. The van der Waals surface area contributed by atoms with E-state index in [-0.39, 0.29) is 17.6 Å². The van der Waals surface area contributed by atoms with Crippen LogP contribution in [0.15, 0.2) is 42.5 Å². The van der Waals surface area contributed by atoms with Crippen LogP contribution in [0, 0.1) is 11.7 Å². The summed E-state index contributed by atoms with van der Waals surface area (Å²) in [7, 11) is 0. The molecule has 0 spiro atoms. The summed E-state index contributed by atoms with van der Waals surface area (Å²) in [5.74, 6) is 0.850. The molecule has 32 heavy (non-hydrogen) atoms. The van der Waals surface area contributed by atoms with Crippen LogP contribution in [0.1, 0.15) is 17.5 Å². The second kappa shape index (κ2) is 9.46. The highest BCUT2D eigenvalue weighted by atomic mass is 19.1. The Labute approximate surface area is 188 Å². The van der Waals surface area contributed by atoms with Gasteiger partial charge in [0.05, 0.1) is 19.1 Å². The van der Waals surface area contributed by atoms with Gasteiger partial charge in [-0.05, 0) is 48.4 Å². The molecule has 0 saturated carbocycles. The van der Waals surface area contributed by atoms with Crippen LogP contribution in [-0.4, -0.2) is 68.3 Å². The summed E-state index contributed by atoms with van der Waals surface area (Å²) in [5, 5.41) is 0. The van der Waals surface area contributed by atoms with Crippen LogP contribution in [0.2, 0.25) is 0 Å². The second-order valence-electron chi connectivity index (χ2n) is 8.85. The van der Waals surface area contributed by atoms with E-state index in [0.717, 1.165) is 56.1 Å². The van der Waals surface area contributed by atoms with Crippen molar-refractivity contribution in [3.8, 4) is 5.75 Å². The van der Waals surface area contributed by atoms with Gasteiger partial charge >= 0.3 is 0 Å². The molecule has 2 aromatic rings. The first-order valence-corrected chi connectivity index (χ1v) is 11.5. The lowest BCUT2D eigenvalue weighted by Gasteiger charge is -2.36. The molecule has 1 unspecified atom stereocenters. The van der Waals surface area contributed by atoms with Crippen molar-refractivity contribution in [2.45, 2.75) is 19.5 Å². The van der Waals surface area contributed by atoms with Crippen molar-refractivity contribution in [1.82, 2.24) is 9.80 Å². The van der Waals surface area contributed by atoms with E-state index in [4.69, 9.17) is 9.47 Å². The third kappa shape index (κ3) is 4.74. The van der Waals surface area contributed by atoms with Crippen LogP contribution in [-0.2, 0) is 22.6 Å². The topological polar surface area (TPSA) is 45.2 Å².